The van der Waals surface area contributed by atoms with E-state index in [9.17, 15) is 13.6 Å². The molecule has 0 saturated carbocycles. The number of carbonyl (C=O) groups excluding carboxylic acids is 1. The Kier molecular flexibility index (Phi) is 4.26. The standard InChI is InChI=1S/C8H14F2N4O/c1-5-2-12-8(14-5)13-4-7(15)11-3-6(9)10/h5-6H,2-4H2,1H3,(H,11,15)(H2,12,13,14). The van der Waals surface area contributed by atoms with Crippen LogP contribution < -0.4 is 16.0 Å². The highest BCUT2D eigenvalue weighted by Gasteiger charge is 2.13. The summed E-state index contributed by atoms with van der Waals surface area (Å²) in [6.45, 7) is 1.94. The second kappa shape index (κ2) is 5.47. The Bertz CT molecular complexity index is 257. The van der Waals surface area contributed by atoms with Crippen molar-refractivity contribution in [1.82, 2.24) is 16.0 Å². The second-order valence-corrected chi connectivity index (χ2v) is 3.28. The van der Waals surface area contributed by atoms with Gasteiger partial charge < -0.3 is 16.0 Å². The Morgan fingerprint density at radius 3 is 3.00 bits per heavy atom. The molecule has 0 aliphatic carbocycles. The average Bonchev–Trinajstić information content (AvgIpc) is 2.58. The number of alkyl halides is 2. The summed E-state index contributed by atoms with van der Waals surface area (Å²) in [6.07, 6.45) is -2.52. The van der Waals surface area contributed by atoms with Gasteiger partial charge in [0.1, 0.15) is 0 Å². The Labute approximate surface area is 86.3 Å². The minimum absolute atomic E-state index is 0.0503. The summed E-state index contributed by atoms with van der Waals surface area (Å²) in [5.41, 5.74) is 0. The first-order chi connectivity index (χ1) is 7.08. The smallest absolute Gasteiger partial charge is 0.255 e. The van der Waals surface area contributed by atoms with Gasteiger partial charge in [-0.3, -0.25) is 9.79 Å². The van der Waals surface area contributed by atoms with E-state index in [1.807, 2.05) is 6.92 Å². The van der Waals surface area contributed by atoms with Crippen molar-refractivity contribution >= 4 is 11.9 Å². The predicted molar refractivity (Wildman–Crippen MR) is 51.9 cm³/mol. The van der Waals surface area contributed by atoms with Gasteiger partial charge in [0.05, 0.1) is 19.6 Å². The van der Waals surface area contributed by atoms with Crippen molar-refractivity contribution in [2.24, 2.45) is 4.99 Å². The molecule has 5 nitrogen and oxygen atoms in total. The van der Waals surface area contributed by atoms with E-state index in [1.165, 1.54) is 0 Å². The van der Waals surface area contributed by atoms with Gasteiger partial charge in [0, 0.05) is 6.04 Å². The third-order valence-electron chi connectivity index (χ3n) is 1.78. The summed E-state index contributed by atoms with van der Waals surface area (Å²) in [5, 5.41) is 7.79. The first-order valence-electron chi connectivity index (χ1n) is 4.67. The quantitative estimate of drug-likeness (QED) is 0.587. The Hall–Kier alpha value is -1.40. The molecular weight excluding hydrogens is 206 g/mol. The summed E-state index contributed by atoms with van der Waals surface area (Å²) < 4.78 is 23.4. The summed E-state index contributed by atoms with van der Waals surface area (Å²) in [7, 11) is 0. The molecule has 1 rings (SSSR count). The van der Waals surface area contributed by atoms with Crippen molar-refractivity contribution in [1.29, 1.82) is 0 Å². The molecule has 1 aliphatic heterocycles. The van der Waals surface area contributed by atoms with Crippen LogP contribution in [-0.2, 0) is 4.79 Å². The third-order valence-corrected chi connectivity index (χ3v) is 1.78. The maximum atomic E-state index is 11.7. The molecule has 0 aromatic carbocycles. The highest BCUT2D eigenvalue weighted by Crippen LogP contribution is 1.91. The van der Waals surface area contributed by atoms with Gasteiger partial charge in [0.15, 0.2) is 5.96 Å². The fraction of sp³-hybridized carbons (Fsp3) is 0.750. The van der Waals surface area contributed by atoms with Crippen LogP contribution in [0.5, 0.6) is 0 Å². The molecule has 3 N–H and O–H groups in total. The number of carbonyl (C=O) groups is 1. The first-order valence-corrected chi connectivity index (χ1v) is 4.67. The molecule has 0 spiro atoms. The van der Waals surface area contributed by atoms with E-state index in [2.05, 4.69) is 20.9 Å². The van der Waals surface area contributed by atoms with Gasteiger partial charge in [-0.05, 0) is 6.92 Å². The second-order valence-electron chi connectivity index (χ2n) is 3.28. The maximum absolute atomic E-state index is 11.7. The highest BCUT2D eigenvalue weighted by molar-refractivity contribution is 5.87. The molecule has 0 aromatic heterocycles. The molecule has 1 amide bonds. The summed E-state index contributed by atoms with van der Waals surface area (Å²) in [5.74, 6) is 0.0639. The minimum Gasteiger partial charge on any atom is -0.352 e. The molecule has 1 heterocycles. The number of amides is 1. The number of halogens is 2. The normalized spacial score (nSPS) is 19.7. The molecule has 0 fully saturated rings. The fourth-order valence-electron chi connectivity index (χ4n) is 1.08. The molecule has 0 bridgehead atoms. The van der Waals surface area contributed by atoms with Crippen molar-refractivity contribution in [2.75, 3.05) is 19.6 Å². The number of hydrogen-bond donors (Lipinski definition) is 3. The molecule has 0 aromatic rings. The molecule has 1 aliphatic rings. The molecule has 7 heteroatoms. The number of nitrogens with zero attached hydrogens (tertiary/aromatic N) is 1. The number of hydrogen-bond acceptors (Lipinski definition) is 4. The van der Waals surface area contributed by atoms with Crippen molar-refractivity contribution in [2.45, 2.75) is 19.4 Å². The third kappa shape index (κ3) is 4.57. The average molecular weight is 220 g/mol. The van der Waals surface area contributed by atoms with E-state index in [-0.39, 0.29) is 12.6 Å². The van der Waals surface area contributed by atoms with Gasteiger partial charge in [-0.25, -0.2) is 8.78 Å². The molecule has 1 atom stereocenters. The lowest BCUT2D eigenvalue weighted by Gasteiger charge is -2.08. The van der Waals surface area contributed by atoms with Crippen molar-refractivity contribution in [3.8, 4) is 0 Å². The zero-order chi connectivity index (χ0) is 11.3. The van der Waals surface area contributed by atoms with E-state index in [1.54, 1.807) is 0 Å². The monoisotopic (exact) mass is 220 g/mol. The zero-order valence-corrected chi connectivity index (χ0v) is 8.39. The number of aliphatic imine (C=N–C) groups is 1. The molecule has 0 saturated heterocycles. The Morgan fingerprint density at radius 2 is 2.47 bits per heavy atom. The van der Waals surface area contributed by atoms with Crippen LogP contribution in [0, 0.1) is 0 Å². The van der Waals surface area contributed by atoms with Gasteiger partial charge in [0.2, 0.25) is 5.91 Å². The van der Waals surface area contributed by atoms with Crippen LogP contribution in [0.15, 0.2) is 4.99 Å². The van der Waals surface area contributed by atoms with E-state index in [4.69, 9.17) is 0 Å². The molecule has 86 valence electrons. The van der Waals surface area contributed by atoms with Crippen molar-refractivity contribution in [3.05, 3.63) is 0 Å². The van der Waals surface area contributed by atoms with Crippen LogP contribution in [0.3, 0.4) is 0 Å². The number of guanidine groups is 1. The number of rotatable bonds is 4. The lowest BCUT2D eigenvalue weighted by molar-refractivity contribution is -0.120. The van der Waals surface area contributed by atoms with E-state index >= 15 is 0 Å². The summed E-state index contributed by atoms with van der Waals surface area (Å²) in [4.78, 5) is 15.0. The van der Waals surface area contributed by atoms with Gasteiger partial charge >= 0.3 is 0 Å². The molecule has 1 unspecified atom stereocenters. The largest absolute Gasteiger partial charge is 0.352 e. The Morgan fingerprint density at radius 1 is 1.73 bits per heavy atom. The van der Waals surface area contributed by atoms with Gasteiger partial charge in [0.25, 0.3) is 6.43 Å². The predicted octanol–water partition coefficient (Wildman–Crippen LogP) is -0.695. The fourth-order valence-corrected chi connectivity index (χ4v) is 1.08. The van der Waals surface area contributed by atoms with Crippen LogP contribution in [0.2, 0.25) is 0 Å². The van der Waals surface area contributed by atoms with Gasteiger partial charge in [-0.1, -0.05) is 0 Å². The van der Waals surface area contributed by atoms with Crippen LogP contribution in [0.25, 0.3) is 0 Å². The lowest BCUT2D eigenvalue weighted by Crippen LogP contribution is -2.43. The zero-order valence-electron chi connectivity index (χ0n) is 8.39. The topological polar surface area (TPSA) is 65.5 Å². The van der Waals surface area contributed by atoms with Crippen LogP contribution in [0.4, 0.5) is 8.78 Å². The van der Waals surface area contributed by atoms with E-state index in [0.29, 0.717) is 12.5 Å². The molecule has 0 radical (unpaired) electrons. The minimum atomic E-state index is -2.52. The Balaban J connectivity index is 2.12. The van der Waals surface area contributed by atoms with Crippen LogP contribution >= 0.6 is 0 Å². The van der Waals surface area contributed by atoms with Crippen LogP contribution in [0.1, 0.15) is 6.92 Å². The molecule has 15 heavy (non-hydrogen) atoms. The van der Waals surface area contributed by atoms with E-state index in [0.717, 1.165) is 0 Å². The van der Waals surface area contributed by atoms with Crippen LogP contribution in [-0.4, -0.2) is 44.0 Å². The maximum Gasteiger partial charge on any atom is 0.255 e. The molecular formula is C8H14F2N4O. The first kappa shape index (κ1) is 11.7. The highest BCUT2D eigenvalue weighted by atomic mass is 19.3. The van der Waals surface area contributed by atoms with Gasteiger partial charge in [-0.2, -0.15) is 0 Å². The summed E-state index contributed by atoms with van der Waals surface area (Å²) in [6, 6.07) is 0.247. The SMILES string of the molecule is CC1CN=C(NCC(=O)NCC(F)F)N1. The number of nitrogens with one attached hydrogen (secondary N) is 3. The van der Waals surface area contributed by atoms with E-state index < -0.39 is 18.9 Å². The lowest BCUT2D eigenvalue weighted by atomic mass is 10.4. The van der Waals surface area contributed by atoms with Crippen molar-refractivity contribution < 1.29 is 13.6 Å². The van der Waals surface area contributed by atoms with Gasteiger partial charge in [-0.15, -0.1) is 0 Å². The summed E-state index contributed by atoms with van der Waals surface area (Å²) >= 11 is 0. The van der Waals surface area contributed by atoms with Crippen molar-refractivity contribution in [3.63, 3.8) is 0 Å².